The molecule has 2 heterocycles. The van der Waals surface area contributed by atoms with Crippen molar-refractivity contribution in [2.24, 2.45) is 0 Å². The van der Waals surface area contributed by atoms with Gasteiger partial charge in [-0.15, -0.1) is 0 Å². The number of benzene rings is 2. The molecule has 7 heteroatoms. The summed E-state index contributed by atoms with van der Waals surface area (Å²) in [7, 11) is 0. The van der Waals surface area contributed by atoms with Crippen LogP contribution in [0.4, 0.5) is 14.9 Å². The van der Waals surface area contributed by atoms with Crippen molar-refractivity contribution in [2.75, 3.05) is 37.7 Å². The third-order valence-corrected chi connectivity index (χ3v) is 6.09. The molecule has 29 heavy (non-hydrogen) atoms. The van der Waals surface area contributed by atoms with Gasteiger partial charge in [0.25, 0.3) is 11.1 Å². The molecule has 0 unspecified atom stereocenters. The van der Waals surface area contributed by atoms with Gasteiger partial charge in [-0.05, 0) is 43.0 Å². The number of hydrogen-bond donors (Lipinski definition) is 0. The molecule has 0 spiro atoms. The van der Waals surface area contributed by atoms with Crippen LogP contribution in [0.25, 0.3) is 6.08 Å². The second-order valence-electron chi connectivity index (χ2n) is 7.21. The molecule has 0 aliphatic carbocycles. The van der Waals surface area contributed by atoms with E-state index in [4.69, 9.17) is 0 Å². The number of nitrogens with zero attached hydrogens (tertiary/aromatic N) is 3. The zero-order valence-corrected chi connectivity index (χ0v) is 17.0. The molecule has 0 N–H and O–H groups in total. The molecular weight excluding hydrogens is 389 g/mol. The quantitative estimate of drug-likeness (QED) is 0.713. The fraction of sp³-hybridized carbons (Fsp3) is 0.273. The lowest BCUT2D eigenvalue weighted by Crippen LogP contribution is -2.50. The van der Waals surface area contributed by atoms with Crippen LogP contribution in [0.5, 0.6) is 0 Å². The Morgan fingerprint density at radius 1 is 1.00 bits per heavy atom. The van der Waals surface area contributed by atoms with E-state index in [2.05, 4.69) is 41.0 Å². The molecule has 0 bridgehead atoms. The molecule has 4 rings (SSSR count). The van der Waals surface area contributed by atoms with Gasteiger partial charge in [0.05, 0.1) is 11.6 Å². The number of rotatable bonds is 4. The largest absolute Gasteiger partial charge is 0.369 e. The van der Waals surface area contributed by atoms with E-state index >= 15 is 0 Å². The summed E-state index contributed by atoms with van der Waals surface area (Å²) in [6.07, 6.45) is 1.45. The molecule has 2 aromatic carbocycles. The highest BCUT2D eigenvalue weighted by molar-refractivity contribution is 8.18. The summed E-state index contributed by atoms with van der Waals surface area (Å²) in [4.78, 5) is 31.0. The highest BCUT2D eigenvalue weighted by Gasteiger charge is 2.36. The van der Waals surface area contributed by atoms with E-state index in [9.17, 15) is 14.0 Å². The molecule has 5 nitrogen and oxygen atoms in total. The van der Waals surface area contributed by atoms with Crippen molar-refractivity contribution in [1.29, 1.82) is 0 Å². The van der Waals surface area contributed by atoms with E-state index in [1.165, 1.54) is 28.3 Å². The first-order valence-electron chi connectivity index (χ1n) is 9.55. The smallest absolute Gasteiger partial charge is 0.294 e. The van der Waals surface area contributed by atoms with E-state index in [1.807, 2.05) is 0 Å². The zero-order valence-electron chi connectivity index (χ0n) is 16.2. The summed E-state index contributed by atoms with van der Waals surface area (Å²) in [5.41, 5.74) is 2.73. The van der Waals surface area contributed by atoms with Crippen LogP contribution in [0.1, 0.15) is 11.1 Å². The Morgan fingerprint density at radius 2 is 1.69 bits per heavy atom. The number of aryl methyl sites for hydroxylation is 1. The highest BCUT2D eigenvalue weighted by Crippen LogP contribution is 2.32. The average molecular weight is 412 g/mol. The molecule has 2 aliphatic heterocycles. The van der Waals surface area contributed by atoms with Gasteiger partial charge in [0.1, 0.15) is 5.82 Å². The number of piperazine rings is 1. The molecule has 0 aromatic heterocycles. The van der Waals surface area contributed by atoms with Crippen LogP contribution in [0.2, 0.25) is 0 Å². The maximum Gasteiger partial charge on any atom is 0.294 e. The minimum atomic E-state index is -0.411. The van der Waals surface area contributed by atoms with Crippen molar-refractivity contribution in [3.05, 3.63) is 70.4 Å². The molecule has 0 saturated carbocycles. The van der Waals surface area contributed by atoms with Gasteiger partial charge in [-0.3, -0.25) is 19.4 Å². The molecule has 150 valence electrons. The Labute approximate surface area is 173 Å². The van der Waals surface area contributed by atoms with Gasteiger partial charge in [0.15, 0.2) is 0 Å². The van der Waals surface area contributed by atoms with Crippen molar-refractivity contribution in [3.63, 3.8) is 0 Å². The summed E-state index contributed by atoms with van der Waals surface area (Å²) < 4.78 is 13.9. The number of amides is 2. The van der Waals surface area contributed by atoms with Gasteiger partial charge < -0.3 is 4.90 Å². The Bertz CT molecular complexity index is 953. The van der Waals surface area contributed by atoms with Crippen LogP contribution >= 0.6 is 11.8 Å². The number of hydrogen-bond acceptors (Lipinski definition) is 5. The van der Waals surface area contributed by atoms with Crippen molar-refractivity contribution in [3.8, 4) is 0 Å². The second kappa shape index (κ2) is 8.39. The predicted molar refractivity (Wildman–Crippen MR) is 114 cm³/mol. The van der Waals surface area contributed by atoms with Gasteiger partial charge in [0, 0.05) is 37.4 Å². The van der Waals surface area contributed by atoms with Crippen LogP contribution in [0.15, 0.2) is 53.4 Å². The van der Waals surface area contributed by atoms with E-state index in [0.717, 1.165) is 37.9 Å². The first-order chi connectivity index (χ1) is 14.0. The SMILES string of the molecule is Cc1ccc(N2CCN(CN3C(=O)S/C(=C/c4ccccc4F)C3=O)CC2)cc1. The monoisotopic (exact) mass is 411 g/mol. The van der Waals surface area contributed by atoms with Gasteiger partial charge in [-0.1, -0.05) is 35.9 Å². The Kier molecular flexibility index (Phi) is 5.69. The fourth-order valence-electron chi connectivity index (χ4n) is 3.46. The molecule has 0 atom stereocenters. The Morgan fingerprint density at radius 3 is 2.38 bits per heavy atom. The standard InChI is InChI=1S/C22H22FN3O2S/c1-16-6-8-18(9-7-16)25-12-10-24(11-13-25)15-26-21(27)20(29-22(26)28)14-17-4-2-3-5-19(17)23/h2-9,14H,10-13,15H2,1H3/b20-14+. The van der Waals surface area contributed by atoms with E-state index in [0.29, 0.717) is 5.56 Å². The molecular formula is C22H22FN3O2S. The lowest BCUT2D eigenvalue weighted by molar-refractivity contribution is -0.124. The third-order valence-electron chi connectivity index (χ3n) is 5.18. The summed E-state index contributed by atoms with van der Waals surface area (Å²) in [6.45, 7) is 5.54. The molecule has 2 aromatic rings. The van der Waals surface area contributed by atoms with Gasteiger partial charge in [0.2, 0.25) is 0 Å². The normalized spacial score (nSPS) is 19.4. The van der Waals surface area contributed by atoms with E-state index < -0.39 is 5.82 Å². The zero-order chi connectivity index (χ0) is 20.4. The number of halogens is 1. The Hall–Kier alpha value is -2.64. The molecule has 2 fully saturated rings. The van der Waals surface area contributed by atoms with Crippen LogP contribution in [-0.4, -0.2) is 53.8 Å². The maximum absolute atomic E-state index is 13.9. The number of carbonyl (C=O) groups excluding carboxylic acids is 2. The van der Waals surface area contributed by atoms with Crippen LogP contribution < -0.4 is 4.90 Å². The minimum absolute atomic E-state index is 0.262. The number of carbonyl (C=O) groups is 2. The Balaban J connectivity index is 1.38. The topological polar surface area (TPSA) is 43.9 Å². The third kappa shape index (κ3) is 4.36. The summed E-state index contributed by atoms with van der Waals surface area (Å²) >= 11 is 0.867. The fourth-order valence-corrected chi connectivity index (χ4v) is 4.28. The number of anilines is 1. The van der Waals surface area contributed by atoms with E-state index in [-0.39, 0.29) is 22.7 Å². The van der Waals surface area contributed by atoms with E-state index in [1.54, 1.807) is 18.2 Å². The van der Waals surface area contributed by atoms with Gasteiger partial charge >= 0.3 is 0 Å². The van der Waals surface area contributed by atoms with Crippen LogP contribution in [-0.2, 0) is 4.79 Å². The van der Waals surface area contributed by atoms with Crippen molar-refractivity contribution < 1.29 is 14.0 Å². The number of imide groups is 1. The molecule has 2 amide bonds. The van der Waals surface area contributed by atoms with Crippen molar-refractivity contribution >= 4 is 34.7 Å². The predicted octanol–water partition coefficient (Wildman–Crippen LogP) is 3.95. The minimum Gasteiger partial charge on any atom is -0.369 e. The van der Waals surface area contributed by atoms with Crippen LogP contribution in [0, 0.1) is 12.7 Å². The average Bonchev–Trinajstić information content (AvgIpc) is 2.98. The van der Waals surface area contributed by atoms with Crippen molar-refractivity contribution in [2.45, 2.75) is 6.92 Å². The lowest BCUT2D eigenvalue weighted by atomic mass is 10.2. The van der Waals surface area contributed by atoms with Gasteiger partial charge in [-0.25, -0.2) is 4.39 Å². The summed E-state index contributed by atoms with van der Waals surface area (Å²) in [5.74, 6) is -0.768. The first kappa shape index (κ1) is 19.7. The summed E-state index contributed by atoms with van der Waals surface area (Å²) in [6, 6.07) is 14.7. The first-order valence-corrected chi connectivity index (χ1v) is 10.4. The highest BCUT2D eigenvalue weighted by atomic mass is 32.2. The van der Waals surface area contributed by atoms with Crippen LogP contribution in [0.3, 0.4) is 0 Å². The summed E-state index contributed by atoms with van der Waals surface area (Å²) in [5, 5.41) is -0.307. The molecule has 2 aliphatic rings. The van der Waals surface area contributed by atoms with Gasteiger partial charge in [-0.2, -0.15) is 0 Å². The maximum atomic E-state index is 13.9. The lowest BCUT2D eigenvalue weighted by Gasteiger charge is -2.37. The molecule has 2 saturated heterocycles. The van der Waals surface area contributed by atoms with Crippen molar-refractivity contribution in [1.82, 2.24) is 9.80 Å². The molecule has 0 radical (unpaired) electrons. The second-order valence-corrected chi connectivity index (χ2v) is 8.21. The number of thioether (sulfide) groups is 1.